The lowest BCUT2D eigenvalue weighted by atomic mass is 10.1. The Morgan fingerprint density at radius 3 is 2.00 bits per heavy atom. The quantitative estimate of drug-likeness (QED) is 0.423. The molecule has 0 unspecified atom stereocenters. The Morgan fingerprint density at radius 2 is 1.32 bits per heavy atom. The summed E-state index contributed by atoms with van der Waals surface area (Å²) in [6, 6.07) is 29.3. The molecule has 3 aromatic carbocycles. The van der Waals surface area contributed by atoms with Gasteiger partial charge in [-0.25, -0.2) is 0 Å². The van der Waals surface area contributed by atoms with Crippen LogP contribution >= 0.6 is 0 Å². The van der Waals surface area contributed by atoms with Gasteiger partial charge in [-0.05, 0) is 41.0 Å². The summed E-state index contributed by atoms with van der Waals surface area (Å²) in [5.74, 6) is 1.46. The Labute approximate surface area is 165 Å². The molecule has 0 bridgehead atoms. The Bertz CT molecular complexity index is 1050. The normalized spacial score (nSPS) is 10.6. The van der Waals surface area contributed by atoms with Gasteiger partial charge in [-0.15, -0.1) is 0 Å². The number of ether oxygens (including phenoxy) is 2. The fourth-order valence-electron chi connectivity index (χ4n) is 3.45. The molecular formula is C25H23NO2. The highest BCUT2D eigenvalue weighted by Gasteiger charge is 2.13. The molecule has 3 heteroatoms. The zero-order valence-corrected chi connectivity index (χ0v) is 16.1. The first-order chi connectivity index (χ1) is 13.8. The second kappa shape index (κ2) is 8.05. The third-order valence-electron chi connectivity index (χ3n) is 4.88. The van der Waals surface area contributed by atoms with Gasteiger partial charge in [0, 0.05) is 24.0 Å². The highest BCUT2D eigenvalue weighted by Crippen LogP contribution is 2.35. The van der Waals surface area contributed by atoms with Gasteiger partial charge in [0.05, 0.1) is 14.2 Å². The maximum Gasteiger partial charge on any atom is 0.161 e. The van der Waals surface area contributed by atoms with Crippen LogP contribution in [0.2, 0.25) is 0 Å². The molecule has 0 aliphatic rings. The standard InChI is InChI=1S/C25H23NO2/c1-27-24-14-13-21(16-25(24)28-2)23-15-22(20-11-7-4-8-12-20)18-26(23)17-19-9-5-3-6-10-19/h3-16,18H,17H2,1-2H3. The van der Waals surface area contributed by atoms with Crippen LogP contribution in [0.1, 0.15) is 5.56 Å². The summed E-state index contributed by atoms with van der Waals surface area (Å²) in [7, 11) is 3.32. The second-order valence-electron chi connectivity index (χ2n) is 6.66. The molecule has 0 spiro atoms. The van der Waals surface area contributed by atoms with Gasteiger partial charge in [0.1, 0.15) is 0 Å². The van der Waals surface area contributed by atoms with E-state index in [4.69, 9.17) is 9.47 Å². The van der Waals surface area contributed by atoms with E-state index in [9.17, 15) is 0 Å². The monoisotopic (exact) mass is 369 g/mol. The average molecular weight is 369 g/mol. The molecular weight excluding hydrogens is 346 g/mol. The van der Waals surface area contributed by atoms with Gasteiger partial charge in [0.25, 0.3) is 0 Å². The number of benzene rings is 3. The molecule has 0 saturated carbocycles. The lowest BCUT2D eigenvalue weighted by Gasteiger charge is -2.12. The number of rotatable bonds is 6. The van der Waals surface area contributed by atoms with Crippen LogP contribution in [0, 0.1) is 0 Å². The fraction of sp³-hybridized carbons (Fsp3) is 0.120. The van der Waals surface area contributed by atoms with Crippen LogP contribution in [0.3, 0.4) is 0 Å². The molecule has 0 saturated heterocycles. The van der Waals surface area contributed by atoms with E-state index in [-0.39, 0.29) is 0 Å². The van der Waals surface area contributed by atoms with Gasteiger partial charge in [-0.1, -0.05) is 60.7 Å². The van der Waals surface area contributed by atoms with Crippen molar-refractivity contribution < 1.29 is 9.47 Å². The van der Waals surface area contributed by atoms with Gasteiger partial charge in [0.15, 0.2) is 11.5 Å². The van der Waals surface area contributed by atoms with E-state index in [0.717, 1.165) is 29.3 Å². The Balaban J connectivity index is 1.81. The summed E-state index contributed by atoms with van der Waals surface area (Å²) in [6.07, 6.45) is 2.22. The molecule has 140 valence electrons. The zero-order valence-electron chi connectivity index (χ0n) is 16.1. The van der Waals surface area contributed by atoms with Crippen molar-refractivity contribution in [3.8, 4) is 33.9 Å². The number of methoxy groups -OCH3 is 2. The molecule has 4 aromatic rings. The molecule has 1 aromatic heterocycles. The summed E-state index contributed by atoms with van der Waals surface area (Å²) in [5, 5.41) is 0. The van der Waals surface area contributed by atoms with Crippen molar-refractivity contribution in [2.24, 2.45) is 0 Å². The molecule has 1 heterocycles. The Kier molecular flexibility index (Phi) is 5.16. The van der Waals surface area contributed by atoms with Gasteiger partial charge < -0.3 is 14.0 Å². The minimum atomic E-state index is 0.730. The molecule has 0 atom stereocenters. The summed E-state index contributed by atoms with van der Waals surface area (Å²) < 4.78 is 13.2. The predicted octanol–water partition coefficient (Wildman–Crippen LogP) is 5.89. The molecule has 28 heavy (non-hydrogen) atoms. The van der Waals surface area contributed by atoms with Crippen molar-refractivity contribution in [3.63, 3.8) is 0 Å². The van der Waals surface area contributed by atoms with Gasteiger partial charge in [-0.3, -0.25) is 0 Å². The topological polar surface area (TPSA) is 23.4 Å². The molecule has 4 rings (SSSR count). The molecule has 0 aliphatic carbocycles. The van der Waals surface area contributed by atoms with E-state index >= 15 is 0 Å². The maximum absolute atomic E-state index is 5.51. The molecule has 0 radical (unpaired) electrons. The minimum absolute atomic E-state index is 0.730. The van der Waals surface area contributed by atoms with E-state index in [2.05, 4.69) is 71.4 Å². The van der Waals surface area contributed by atoms with Crippen molar-refractivity contribution in [1.29, 1.82) is 0 Å². The molecule has 0 amide bonds. The third-order valence-corrected chi connectivity index (χ3v) is 4.88. The van der Waals surface area contributed by atoms with Crippen LogP contribution < -0.4 is 9.47 Å². The first kappa shape index (κ1) is 17.9. The number of hydrogen-bond donors (Lipinski definition) is 0. The number of nitrogens with zero attached hydrogens (tertiary/aromatic N) is 1. The van der Waals surface area contributed by atoms with Crippen molar-refractivity contribution >= 4 is 0 Å². The lowest BCUT2D eigenvalue weighted by Crippen LogP contribution is -2.00. The number of aromatic nitrogens is 1. The van der Waals surface area contributed by atoms with Gasteiger partial charge >= 0.3 is 0 Å². The zero-order chi connectivity index (χ0) is 19.3. The van der Waals surface area contributed by atoms with Crippen molar-refractivity contribution in [3.05, 3.63) is 96.7 Å². The first-order valence-electron chi connectivity index (χ1n) is 9.30. The van der Waals surface area contributed by atoms with Crippen LogP contribution in [-0.2, 0) is 6.54 Å². The molecule has 3 nitrogen and oxygen atoms in total. The first-order valence-corrected chi connectivity index (χ1v) is 9.30. The van der Waals surface area contributed by atoms with Gasteiger partial charge in [-0.2, -0.15) is 0 Å². The smallest absolute Gasteiger partial charge is 0.161 e. The van der Waals surface area contributed by atoms with Crippen molar-refractivity contribution in [1.82, 2.24) is 4.57 Å². The number of hydrogen-bond acceptors (Lipinski definition) is 2. The average Bonchev–Trinajstić information content (AvgIpc) is 3.18. The van der Waals surface area contributed by atoms with Crippen LogP contribution in [0.4, 0.5) is 0 Å². The summed E-state index contributed by atoms with van der Waals surface area (Å²) in [6.45, 7) is 0.803. The van der Waals surface area contributed by atoms with E-state index in [0.29, 0.717) is 0 Å². The van der Waals surface area contributed by atoms with E-state index < -0.39 is 0 Å². The summed E-state index contributed by atoms with van der Waals surface area (Å²) in [5.41, 5.74) is 5.90. The predicted molar refractivity (Wildman–Crippen MR) is 114 cm³/mol. The highest BCUT2D eigenvalue weighted by atomic mass is 16.5. The van der Waals surface area contributed by atoms with E-state index in [1.54, 1.807) is 14.2 Å². The Morgan fingerprint density at radius 1 is 0.643 bits per heavy atom. The summed E-state index contributed by atoms with van der Waals surface area (Å²) in [4.78, 5) is 0. The van der Waals surface area contributed by atoms with E-state index in [1.807, 2.05) is 24.3 Å². The largest absolute Gasteiger partial charge is 0.493 e. The van der Waals surface area contributed by atoms with Crippen LogP contribution in [0.5, 0.6) is 11.5 Å². The van der Waals surface area contributed by atoms with Crippen LogP contribution in [-0.4, -0.2) is 18.8 Å². The van der Waals surface area contributed by atoms with Crippen molar-refractivity contribution in [2.75, 3.05) is 14.2 Å². The SMILES string of the molecule is COc1ccc(-c2cc(-c3ccccc3)cn2Cc2ccccc2)cc1OC. The minimum Gasteiger partial charge on any atom is -0.493 e. The highest BCUT2D eigenvalue weighted by molar-refractivity contribution is 5.73. The fourth-order valence-corrected chi connectivity index (χ4v) is 3.45. The van der Waals surface area contributed by atoms with Crippen LogP contribution in [0.25, 0.3) is 22.4 Å². The van der Waals surface area contributed by atoms with Crippen molar-refractivity contribution in [2.45, 2.75) is 6.54 Å². The molecule has 0 aliphatic heterocycles. The van der Waals surface area contributed by atoms with E-state index in [1.165, 1.54) is 16.7 Å². The Hall–Kier alpha value is -3.46. The maximum atomic E-state index is 5.51. The van der Waals surface area contributed by atoms with Crippen LogP contribution in [0.15, 0.2) is 91.1 Å². The van der Waals surface area contributed by atoms with Gasteiger partial charge in [0.2, 0.25) is 0 Å². The second-order valence-corrected chi connectivity index (χ2v) is 6.66. The lowest BCUT2D eigenvalue weighted by molar-refractivity contribution is 0.355. The third kappa shape index (κ3) is 3.65. The summed E-state index contributed by atoms with van der Waals surface area (Å²) >= 11 is 0. The molecule has 0 fully saturated rings. The molecule has 0 N–H and O–H groups in total.